The zero-order chi connectivity index (χ0) is 15.6. The minimum Gasteiger partial charge on any atom is -0.399 e. The van der Waals surface area contributed by atoms with E-state index in [1.807, 2.05) is 38.4 Å². The summed E-state index contributed by atoms with van der Waals surface area (Å²) >= 11 is 1.51. The number of nitrogens with one attached hydrogen (secondary N) is 1. The lowest BCUT2D eigenvalue weighted by atomic mass is 10.0. The molecular weight excluding hydrogens is 282 g/mol. The predicted molar refractivity (Wildman–Crippen MR) is 90.9 cm³/mol. The van der Waals surface area contributed by atoms with Crippen LogP contribution in [-0.4, -0.2) is 37.5 Å². The van der Waals surface area contributed by atoms with Crippen molar-refractivity contribution in [3.63, 3.8) is 0 Å². The molecule has 2 rings (SSSR count). The fourth-order valence-corrected chi connectivity index (χ4v) is 3.18. The van der Waals surface area contributed by atoms with E-state index < -0.39 is 0 Å². The molecule has 1 heterocycles. The average Bonchev–Trinajstić information content (AvgIpc) is 2.80. The van der Waals surface area contributed by atoms with E-state index in [1.165, 1.54) is 11.3 Å². The Morgan fingerprint density at radius 3 is 2.67 bits per heavy atom. The van der Waals surface area contributed by atoms with Crippen LogP contribution in [0.3, 0.4) is 0 Å². The molecule has 1 aromatic heterocycles. The highest BCUT2D eigenvalue weighted by Gasteiger charge is 2.19. The van der Waals surface area contributed by atoms with Crippen molar-refractivity contribution in [1.29, 1.82) is 0 Å². The third kappa shape index (κ3) is 3.95. The number of hydrogen-bond donors (Lipinski definition) is 2. The van der Waals surface area contributed by atoms with Gasteiger partial charge in [0.15, 0.2) is 0 Å². The Kier molecular flexibility index (Phi) is 4.85. The van der Waals surface area contributed by atoms with Crippen LogP contribution in [0.25, 0.3) is 10.1 Å². The molecule has 0 aliphatic rings. The van der Waals surface area contributed by atoms with Gasteiger partial charge in [-0.05, 0) is 49.7 Å². The third-order valence-electron chi connectivity index (χ3n) is 3.45. The SMILES string of the molecule is CC(C)C(CN(C)C)NC(=O)c1cc2cc(N)ccc2s1. The van der Waals surface area contributed by atoms with Crippen LogP contribution in [0, 0.1) is 5.92 Å². The number of nitrogens with two attached hydrogens (primary N) is 1. The van der Waals surface area contributed by atoms with Gasteiger partial charge in [0.1, 0.15) is 0 Å². The quantitative estimate of drug-likeness (QED) is 0.835. The molecule has 2 aromatic rings. The molecule has 0 saturated heterocycles. The van der Waals surface area contributed by atoms with Crippen molar-refractivity contribution in [3.8, 4) is 0 Å². The largest absolute Gasteiger partial charge is 0.399 e. The molecule has 1 atom stereocenters. The summed E-state index contributed by atoms with van der Waals surface area (Å²) in [5.41, 5.74) is 6.51. The first-order valence-corrected chi connectivity index (χ1v) is 7.93. The summed E-state index contributed by atoms with van der Waals surface area (Å²) in [5, 5.41) is 4.16. The fraction of sp³-hybridized carbons (Fsp3) is 0.438. The summed E-state index contributed by atoms with van der Waals surface area (Å²) < 4.78 is 1.09. The van der Waals surface area contributed by atoms with E-state index in [0.29, 0.717) is 5.92 Å². The van der Waals surface area contributed by atoms with Crippen molar-refractivity contribution >= 4 is 33.0 Å². The molecule has 0 fully saturated rings. The number of nitrogen functional groups attached to an aromatic ring is 1. The van der Waals surface area contributed by atoms with Gasteiger partial charge in [0.2, 0.25) is 0 Å². The average molecular weight is 305 g/mol. The van der Waals surface area contributed by atoms with Gasteiger partial charge in [-0.1, -0.05) is 13.8 Å². The van der Waals surface area contributed by atoms with E-state index >= 15 is 0 Å². The zero-order valence-electron chi connectivity index (χ0n) is 13.0. The van der Waals surface area contributed by atoms with Crippen LogP contribution in [0.2, 0.25) is 0 Å². The lowest BCUT2D eigenvalue weighted by Crippen LogP contribution is -2.44. The Bertz CT molecular complexity index is 633. The van der Waals surface area contributed by atoms with E-state index in [4.69, 9.17) is 5.73 Å². The van der Waals surface area contributed by atoms with Crippen LogP contribution in [0.1, 0.15) is 23.5 Å². The number of likely N-dealkylation sites (N-methyl/N-ethyl adjacent to an activating group) is 1. The number of amides is 1. The molecule has 21 heavy (non-hydrogen) atoms. The molecule has 3 N–H and O–H groups in total. The number of anilines is 1. The molecule has 5 heteroatoms. The maximum atomic E-state index is 12.4. The van der Waals surface area contributed by atoms with Crippen LogP contribution >= 0.6 is 11.3 Å². The van der Waals surface area contributed by atoms with E-state index in [0.717, 1.165) is 27.2 Å². The Morgan fingerprint density at radius 1 is 1.33 bits per heavy atom. The van der Waals surface area contributed by atoms with Gasteiger partial charge < -0.3 is 16.0 Å². The van der Waals surface area contributed by atoms with Gasteiger partial charge in [0.25, 0.3) is 5.91 Å². The monoisotopic (exact) mass is 305 g/mol. The first kappa shape index (κ1) is 15.8. The Morgan fingerprint density at radius 2 is 2.05 bits per heavy atom. The van der Waals surface area contributed by atoms with Crippen LogP contribution in [-0.2, 0) is 0 Å². The van der Waals surface area contributed by atoms with Crippen molar-refractivity contribution in [2.75, 3.05) is 26.4 Å². The molecule has 0 aliphatic heterocycles. The highest BCUT2D eigenvalue weighted by atomic mass is 32.1. The van der Waals surface area contributed by atoms with E-state index in [2.05, 4.69) is 24.1 Å². The molecule has 114 valence electrons. The third-order valence-corrected chi connectivity index (χ3v) is 4.56. The number of benzene rings is 1. The fourth-order valence-electron chi connectivity index (χ4n) is 2.23. The lowest BCUT2D eigenvalue weighted by molar-refractivity contribution is 0.0921. The number of rotatable bonds is 5. The number of hydrogen-bond acceptors (Lipinski definition) is 4. The van der Waals surface area contributed by atoms with Crippen molar-refractivity contribution < 1.29 is 4.79 Å². The highest BCUT2D eigenvalue weighted by Crippen LogP contribution is 2.27. The second-order valence-corrected chi connectivity index (χ2v) is 7.08. The number of thiophene rings is 1. The van der Waals surface area contributed by atoms with Gasteiger partial charge in [-0.2, -0.15) is 0 Å². The van der Waals surface area contributed by atoms with Gasteiger partial charge in [-0.25, -0.2) is 0 Å². The van der Waals surface area contributed by atoms with Crippen molar-refractivity contribution in [2.45, 2.75) is 19.9 Å². The molecular formula is C16H23N3OS. The van der Waals surface area contributed by atoms with Crippen LogP contribution in [0.15, 0.2) is 24.3 Å². The van der Waals surface area contributed by atoms with Crippen molar-refractivity contribution in [3.05, 3.63) is 29.1 Å². The number of fused-ring (bicyclic) bond motifs is 1. The normalized spacial score (nSPS) is 13.0. The van der Waals surface area contributed by atoms with Gasteiger partial charge in [-0.15, -0.1) is 11.3 Å². The summed E-state index contributed by atoms with van der Waals surface area (Å²) in [7, 11) is 4.04. The van der Waals surface area contributed by atoms with Crippen molar-refractivity contribution in [2.24, 2.45) is 5.92 Å². The maximum Gasteiger partial charge on any atom is 0.261 e. The van der Waals surface area contributed by atoms with Crippen LogP contribution < -0.4 is 11.1 Å². The number of nitrogens with zero attached hydrogens (tertiary/aromatic N) is 1. The lowest BCUT2D eigenvalue weighted by Gasteiger charge is -2.25. The maximum absolute atomic E-state index is 12.4. The summed E-state index contributed by atoms with van der Waals surface area (Å²) in [6, 6.07) is 7.79. The van der Waals surface area contributed by atoms with E-state index in [9.17, 15) is 4.79 Å². The number of carbonyl (C=O) groups excluding carboxylic acids is 1. The summed E-state index contributed by atoms with van der Waals surface area (Å²) in [6.07, 6.45) is 0. The molecule has 1 unspecified atom stereocenters. The molecule has 0 spiro atoms. The first-order chi connectivity index (χ1) is 9.86. The minimum absolute atomic E-state index is 0.00433. The van der Waals surface area contributed by atoms with Gasteiger partial charge >= 0.3 is 0 Å². The first-order valence-electron chi connectivity index (χ1n) is 7.11. The summed E-state index contributed by atoms with van der Waals surface area (Å²) in [4.78, 5) is 15.3. The summed E-state index contributed by atoms with van der Waals surface area (Å²) in [5.74, 6) is 0.386. The molecule has 0 bridgehead atoms. The van der Waals surface area contributed by atoms with Crippen LogP contribution in [0.5, 0.6) is 0 Å². The smallest absolute Gasteiger partial charge is 0.261 e. The second kappa shape index (κ2) is 6.45. The zero-order valence-corrected chi connectivity index (χ0v) is 13.8. The Balaban J connectivity index is 2.17. The van der Waals surface area contributed by atoms with E-state index in [1.54, 1.807) is 0 Å². The van der Waals surface area contributed by atoms with E-state index in [-0.39, 0.29) is 11.9 Å². The molecule has 0 aliphatic carbocycles. The highest BCUT2D eigenvalue weighted by molar-refractivity contribution is 7.20. The molecule has 0 radical (unpaired) electrons. The Labute approximate surface area is 129 Å². The molecule has 0 saturated carbocycles. The topological polar surface area (TPSA) is 58.4 Å². The standard InChI is InChI=1S/C16H23N3OS/c1-10(2)13(9-19(3)4)18-16(20)15-8-11-7-12(17)5-6-14(11)21-15/h5-8,10,13H,9,17H2,1-4H3,(H,18,20). The molecule has 1 amide bonds. The van der Waals surface area contributed by atoms with Gasteiger partial charge in [0, 0.05) is 23.0 Å². The Hall–Kier alpha value is -1.59. The van der Waals surface area contributed by atoms with Gasteiger partial charge in [-0.3, -0.25) is 4.79 Å². The molecule has 1 aromatic carbocycles. The predicted octanol–water partition coefficient (Wildman–Crippen LogP) is 2.80. The van der Waals surface area contributed by atoms with Gasteiger partial charge in [0.05, 0.1) is 4.88 Å². The second-order valence-electron chi connectivity index (χ2n) is 5.99. The molecule has 4 nitrogen and oxygen atoms in total. The summed E-state index contributed by atoms with van der Waals surface area (Å²) in [6.45, 7) is 5.08. The minimum atomic E-state index is -0.00433. The number of carbonyl (C=O) groups is 1. The van der Waals surface area contributed by atoms with Crippen LogP contribution in [0.4, 0.5) is 5.69 Å². The van der Waals surface area contributed by atoms with Crippen molar-refractivity contribution in [1.82, 2.24) is 10.2 Å².